The molecule has 0 aliphatic carbocycles. The zero-order valence-electron chi connectivity index (χ0n) is 47.3. The summed E-state index contributed by atoms with van der Waals surface area (Å²) < 4.78 is 137. The number of ether oxygens (including phenoxy) is 2. The van der Waals surface area contributed by atoms with Crippen LogP contribution in [0.25, 0.3) is 0 Å². The fourth-order valence-electron chi connectivity index (χ4n) is 9.69. The number of anilines is 1. The molecule has 0 saturated carbocycles. The number of alkyl halides is 10. The van der Waals surface area contributed by atoms with Crippen molar-refractivity contribution in [2.24, 2.45) is 23.5 Å². The summed E-state index contributed by atoms with van der Waals surface area (Å²) in [6.45, 7) is 13.3. The van der Waals surface area contributed by atoms with E-state index in [4.69, 9.17) is 33.3 Å². The molecule has 2 aromatic carbocycles. The van der Waals surface area contributed by atoms with Crippen LogP contribution < -0.4 is 25.8 Å². The van der Waals surface area contributed by atoms with Gasteiger partial charge >= 0.3 is 18.5 Å². The van der Waals surface area contributed by atoms with Gasteiger partial charge in [0.25, 0.3) is 0 Å². The van der Waals surface area contributed by atoms with Crippen molar-refractivity contribution >= 4 is 17.4 Å². The highest BCUT2D eigenvalue weighted by Crippen LogP contribution is 2.33. The van der Waals surface area contributed by atoms with E-state index in [2.05, 4.69) is 80.4 Å². The number of benzene rings is 2. The van der Waals surface area contributed by atoms with Gasteiger partial charge < -0.3 is 30.9 Å². The molecule has 6 heterocycles. The average Bonchev–Trinajstić information content (AvgIpc) is 3.45. The monoisotopic (exact) mass is 1160 g/mol. The third-order valence-electron chi connectivity index (χ3n) is 14.2. The number of likely N-dealkylation sites (tertiary alicyclic amines) is 2. The quantitative estimate of drug-likeness (QED) is 0.0663. The number of aryl methyl sites for hydroxylation is 1. The van der Waals surface area contributed by atoms with Crippen LogP contribution >= 0.6 is 11.6 Å². The molecule has 3 aromatic heterocycles. The van der Waals surface area contributed by atoms with E-state index < -0.39 is 42.4 Å². The van der Waals surface area contributed by atoms with Crippen LogP contribution in [0.4, 0.5) is 49.7 Å². The molecule has 0 spiro atoms. The summed E-state index contributed by atoms with van der Waals surface area (Å²) in [6.07, 6.45) is -1.61. The number of nitrogens with one attached hydrogen (secondary N) is 2. The van der Waals surface area contributed by atoms with E-state index in [-0.39, 0.29) is 5.15 Å². The Morgan fingerprint density at radius 1 is 0.650 bits per heavy atom. The molecule has 0 radical (unpaired) electrons. The van der Waals surface area contributed by atoms with E-state index in [0.29, 0.717) is 60.9 Å². The summed E-state index contributed by atoms with van der Waals surface area (Å²) in [6, 6.07) is 24.8. The Balaban J connectivity index is 0.000000288. The molecule has 3 saturated heterocycles. The minimum Gasteiger partial charge on any atom is -0.497 e. The van der Waals surface area contributed by atoms with Gasteiger partial charge in [0.05, 0.1) is 39.4 Å². The molecule has 0 unspecified atom stereocenters. The predicted molar refractivity (Wildman–Crippen MR) is 295 cm³/mol. The van der Waals surface area contributed by atoms with E-state index in [0.717, 1.165) is 107 Å². The van der Waals surface area contributed by atoms with Gasteiger partial charge in [0, 0.05) is 75.7 Å². The van der Waals surface area contributed by atoms with E-state index in [1.165, 1.54) is 61.8 Å². The second-order valence-corrected chi connectivity index (χ2v) is 20.1. The number of rotatable bonds is 13. The maximum Gasteiger partial charge on any atom is 0.417 e. The summed E-state index contributed by atoms with van der Waals surface area (Å²) in [5.41, 5.74) is 7.02. The van der Waals surface area contributed by atoms with Crippen molar-refractivity contribution < 1.29 is 59.9 Å². The molecule has 6 atom stereocenters. The number of methoxy groups -OCH3 is 2. The molecule has 5 N–H and O–H groups in total. The van der Waals surface area contributed by atoms with Crippen molar-refractivity contribution in [1.82, 2.24) is 30.1 Å². The van der Waals surface area contributed by atoms with E-state index >= 15 is 0 Å². The predicted octanol–water partition coefficient (Wildman–Crippen LogP) is 13.4. The van der Waals surface area contributed by atoms with Gasteiger partial charge in [-0.1, -0.05) is 56.6 Å². The van der Waals surface area contributed by atoms with Gasteiger partial charge in [-0.3, -0.25) is 19.2 Å². The summed E-state index contributed by atoms with van der Waals surface area (Å²) in [4.78, 5) is 16.1. The Hall–Kier alpha value is -5.32. The third kappa shape index (κ3) is 23.6. The van der Waals surface area contributed by atoms with Crippen molar-refractivity contribution in [3.8, 4) is 11.5 Å². The van der Waals surface area contributed by atoms with Crippen LogP contribution in [-0.4, -0.2) is 109 Å². The van der Waals surface area contributed by atoms with Gasteiger partial charge in [0.1, 0.15) is 22.5 Å². The standard InChI is InChI=1S/C22H27F3N2O.C15H24N2O.C13H18F3N3.C6H3ClF3N.CH3F.CH4O/c1-16-4-3-13-27(15-17-5-10-20(28-2)11-6-17)21(16)12-9-19-8-7-18(14-26-19)22(23,24)25;1-12-4-3-9-17(15(12)10-16)11-13-5-7-14(18-2)8-6-13;1-9-3-2-6-17-11(9)8-19-12-5-4-10(7-18-12)13(14,15)16;7-5-2-1-4(3-11-5)6(8,9)10;2*1-2/h5-8,10-11,14,16,21H,3-4,9,12-13,15H2,1-2H3;5-8,12,15H,3-4,9-11,16H2,1-2H3;4-5,7,9,11,17H,2-3,6,8H2,1H3,(H,18,19);1-3H;1H3;2H,1H3/t16-,21-;12-,15-;9-,11-;;;/m111.../s1/i;;;;1D;. The second kappa shape index (κ2) is 34.8. The zero-order valence-corrected chi connectivity index (χ0v) is 47.1. The van der Waals surface area contributed by atoms with Gasteiger partial charge in [-0.25, -0.2) is 9.97 Å². The number of nitrogens with zero attached hydrogens (tertiary/aromatic N) is 5. The van der Waals surface area contributed by atoms with E-state index in [1.54, 1.807) is 14.2 Å². The number of aliphatic hydroxyl groups is 1. The normalized spacial score (nSPS) is 20.6. The molecule has 0 amide bonds. The van der Waals surface area contributed by atoms with Gasteiger partial charge in [0.15, 0.2) is 0 Å². The van der Waals surface area contributed by atoms with Crippen LogP contribution in [0.3, 0.4) is 0 Å². The SMILES string of the molecule is CO.COc1ccc(CN2CCC[C@@H](C)[C@H]2CCc2ccc(C(F)(F)F)cn2)cc1.COc1ccc(CN2CCC[C@@H](C)[C@H]2CN)cc1.C[C@@H]1CCCN[C@@H]1CNc1ccc(C(F)(F)F)cn1.FC(F)(F)c1ccc(Cl)nc1.[2H]CF. The minimum atomic E-state index is -4.34. The number of hydrogen-bond donors (Lipinski definition) is 4. The lowest BCUT2D eigenvalue weighted by Crippen LogP contribution is -2.47. The van der Waals surface area contributed by atoms with Crippen LogP contribution in [0.15, 0.2) is 104 Å². The van der Waals surface area contributed by atoms with Crippen molar-refractivity contribution in [1.29, 1.82) is 0 Å². The Kier molecular flexibility index (Phi) is 29.3. The van der Waals surface area contributed by atoms with E-state index in [1.807, 2.05) is 24.3 Å². The number of aromatic nitrogens is 3. The van der Waals surface area contributed by atoms with Crippen LogP contribution in [0.1, 0.15) is 101 Å². The summed E-state index contributed by atoms with van der Waals surface area (Å²) in [5, 5.41) is 13.5. The lowest BCUT2D eigenvalue weighted by atomic mass is 9.87. The maximum atomic E-state index is 12.7. The zero-order chi connectivity index (χ0) is 60.2. The second-order valence-electron chi connectivity index (χ2n) is 19.7. The van der Waals surface area contributed by atoms with Crippen molar-refractivity contribution in [3.63, 3.8) is 0 Å². The fraction of sp³-hybridized carbons (Fsp3) is 0.534. The molecule has 3 aliphatic heterocycles. The average molecular weight is 1160 g/mol. The highest BCUT2D eigenvalue weighted by atomic mass is 35.5. The molecular formula is C58H79ClF10N8O3. The molecule has 11 nitrogen and oxygen atoms in total. The first-order valence-corrected chi connectivity index (χ1v) is 26.8. The fourth-order valence-corrected chi connectivity index (χ4v) is 9.80. The Morgan fingerprint density at radius 3 is 1.51 bits per heavy atom. The van der Waals surface area contributed by atoms with Crippen LogP contribution in [-0.2, 0) is 38.0 Å². The lowest BCUT2D eigenvalue weighted by Gasteiger charge is -2.40. The first-order chi connectivity index (χ1) is 38.5. The first kappa shape index (κ1) is 67.2. The van der Waals surface area contributed by atoms with Gasteiger partial charge in [-0.05, 0) is 161 Å². The van der Waals surface area contributed by atoms with Gasteiger partial charge in [0.2, 0.25) is 0 Å². The molecule has 22 heteroatoms. The molecule has 80 heavy (non-hydrogen) atoms. The van der Waals surface area contributed by atoms with Crippen molar-refractivity contribution in [2.45, 2.75) is 122 Å². The molecule has 0 bridgehead atoms. The summed E-state index contributed by atoms with van der Waals surface area (Å²) >= 11 is 5.28. The smallest absolute Gasteiger partial charge is 0.417 e. The summed E-state index contributed by atoms with van der Waals surface area (Å²) in [7, 11) is 3.36. The third-order valence-corrected chi connectivity index (χ3v) is 14.4. The molecular weight excluding hydrogens is 1080 g/mol. The van der Waals surface area contributed by atoms with Crippen LogP contribution in [0, 0.1) is 17.8 Å². The van der Waals surface area contributed by atoms with Crippen LogP contribution in [0.2, 0.25) is 5.15 Å². The highest BCUT2D eigenvalue weighted by molar-refractivity contribution is 6.29. The number of nitrogens with two attached hydrogens (primary N) is 1. The largest absolute Gasteiger partial charge is 0.497 e. The van der Waals surface area contributed by atoms with Crippen molar-refractivity contribution in [2.75, 3.05) is 66.5 Å². The number of piperidine rings is 3. The maximum absolute atomic E-state index is 12.7. The van der Waals surface area contributed by atoms with E-state index in [9.17, 15) is 43.9 Å². The Labute approximate surface area is 471 Å². The topological polar surface area (TPSA) is 134 Å². The minimum absolute atomic E-state index is 0.0537. The molecule has 5 aromatic rings. The molecule has 446 valence electrons. The first-order valence-electron chi connectivity index (χ1n) is 27.1. The number of halogens is 11. The Bertz CT molecular complexity index is 2450. The molecule has 3 fully saturated rings. The Morgan fingerprint density at radius 2 is 1.10 bits per heavy atom. The molecule has 8 rings (SSSR count). The van der Waals surface area contributed by atoms with Crippen LogP contribution in [0.5, 0.6) is 11.5 Å². The van der Waals surface area contributed by atoms with Gasteiger partial charge in [-0.2, -0.15) is 39.5 Å². The van der Waals surface area contributed by atoms with Gasteiger partial charge in [-0.15, -0.1) is 0 Å². The highest BCUT2D eigenvalue weighted by Gasteiger charge is 2.33. The number of hydrogen-bond acceptors (Lipinski definition) is 11. The lowest BCUT2D eigenvalue weighted by molar-refractivity contribution is -0.138. The number of aliphatic hydroxyl groups excluding tert-OH is 1. The number of pyridine rings is 3. The van der Waals surface area contributed by atoms with Crippen molar-refractivity contribution in [3.05, 3.63) is 142 Å². The summed E-state index contributed by atoms with van der Waals surface area (Å²) in [5.74, 6) is 4.08. The molecule has 3 aliphatic rings.